The first-order chi connectivity index (χ1) is 24.3. The normalized spacial score (nSPS) is 12.6. The van der Waals surface area contributed by atoms with Gasteiger partial charge in [-0.1, -0.05) is 195 Å². The molecule has 0 saturated heterocycles. The summed E-state index contributed by atoms with van der Waals surface area (Å²) in [4.78, 5) is 37.5. The number of carbonyl (C=O) groups excluding carboxylic acids is 3. The zero-order chi connectivity index (χ0) is 36.9. The van der Waals surface area contributed by atoms with E-state index >= 15 is 0 Å². The smallest absolute Gasteiger partial charge is 0.306 e. The van der Waals surface area contributed by atoms with Crippen molar-refractivity contribution in [3.8, 4) is 0 Å². The van der Waals surface area contributed by atoms with E-state index in [0.717, 1.165) is 69.6 Å². The maximum absolute atomic E-state index is 12.6. The Kier molecular flexibility index (Phi) is 36.0. The SMILES string of the molecule is CCCCCCCCCC(=O)O[C@@H](COC(=O)CCCCCCCCCCCCC(C)C)COC(=O)CCCCCCCCCCC(C)CC. The van der Waals surface area contributed by atoms with Crippen molar-refractivity contribution in [1.82, 2.24) is 0 Å². The van der Waals surface area contributed by atoms with E-state index in [2.05, 4.69) is 34.6 Å². The fourth-order valence-electron chi connectivity index (χ4n) is 6.37. The van der Waals surface area contributed by atoms with Crippen LogP contribution in [0.1, 0.15) is 234 Å². The molecule has 0 aromatic carbocycles. The van der Waals surface area contributed by atoms with E-state index < -0.39 is 6.10 Å². The van der Waals surface area contributed by atoms with Crippen LogP contribution in [-0.4, -0.2) is 37.2 Å². The minimum absolute atomic E-state index is 0.0661. The van der Waals surface area contributed by atoms with Crippen LogP contribution in [0, 0.1) is 11.8 Å². The van der Waals surface area contributed by atoms with Gasteiger partial charge in [-0.2, -0.15) is 0 Å². The standard InChI is InChI=1S/C44H84O6/c1-6-8-9-10-17-26-31-36-44(47)50-41(38-49-43(46)35-30-25-21-16-15-19-23-28-33-40(5)7-2)37-48-42(45)34-29-24-20-14-12-11-13-18-22-27-32-39(3)4/h39-41H,6-38H2,1-5H3/t40?,41-/m0/s1. The molecule has 0 heterocycles. The Bertz CT molecular complexity index is 766. The van der Waals surface area contributed by atoms with Gasteiger partial charge in [-0.15, -0.1) is 0 Å². The third-order valence-electron chi connectivity index (χ3n) is 10.1. The van der Waals surface area contributed by atoms with Gasteiger partial charge >= 0.3 is 17.9 Å². The first-order valence-corrected chi connectivity index (χ1v) is 21.8. The lowest BCUT2D eigenvalue weighted by molar-refractivity contribution is -0.167. The summed E-state index contributed by atoms with van der Waals surface area (Å²) in [5, 5.41) is 0. The highest BCUT2D eigenvalue weighted by Gasteiger charge is 2.19. The summed E-state index contributed by atoms with van der Waals surface area (Å²) in [5.41, 5.74) is 0. The Hall–Kier alpha value is -1.59. The van der Waals surface area contributed by atoms with Gasteiger partial charge in [0.05, 0.1) is 0 Å². The molecule has 0 radical (unpaired) electrons. The third-order valence-corrected chi connectivity index (χ3v) is 10.1. The second-order valence-electron chi connectivity index (χ2n) is 15.7. The van der Waals surface area contributed by atoms with Crippen molar-refractivity contribution in [2.45, 2.75) is 240 Å². The molecule has 0 rings (SSSR count). The zero-order valence-electron chi connectivity index (χ0n) is 34.0. The summed E-state index contributed by atoms with van der Waals surface area (Å²) in [5.74, 6) is 0.798. The predicted octanol–water partition coefficient (Wildman–Crippen LogP) is 13.4. The number of carbonyl (C=O) groups is 3. The highest BCUT2D eigenvalue weighted by Crippen LogP contribution is 2.17. The van der Waals surface area contributed by atoms with Crippen LogP contribution in [0.3, 0.4) is 0 Å². The Labute approximate surface area is 310 Å². The topological polar surface area (TPSA) is 78.9 Å². The molecule has 0 amide bonds. The van der Waals surface area contributed by atoms with Crippen molar-refractivity contribution in [2.75, 3.05) is 13.2 Å². The molecule has 0 aliphatic heterocycles. The van der Waals surface area contributed by atoms with Crippen molar-refractivity contribution in [1.29, 1.82) is 0 Å². The highest BCUT2D eigenvalue weighted by atomic mass is 16.6. The summed E-state index contributed by atoms with van der Waals surface area (Å²) < 4.78 is 16.6. The summed E-state index contributed by atoms with van der Waals surface area (Å²) >= 11 is 0. The van der Waals surface area contributed by atoms with Gasteiger partial charge in [0.25, 0.3) is 0 Å². The van der Waals surface area contributed by atoms with Crippen LogP contribution < -0.4 is 0 Å². The molecule has 0 fully saturated rings. The largest absolute Gasteiger partial charge is 0.462 e. The maximum Gasteiger partial charge on any atom is 0.306 e. The molecule has 0 aliphatic carbocycles. The molecular formula is C44H84O6. The Morgan fingerprint density at radius 1 is 0.420 bits per heavy atom. The molecule has 0 aromatic heterocycles. The first-order valence-electron chi connectivity index (χ1n) is 21.8. The molecule has 0 spiro atoms. The average Bonchev–Trinajstić information content (AvgIpc) is 3.09. The molecule has 0 N–H and O–H groups in total. The van der Waals surface area contributed by atoms with E-state index in [0.29, 0.717) is 19.3 Å². The van der Waals surface area contributed by atoms with Crippen LogP contribution in [-0.2, 0) is 28.6 Å². The van der Waals surface area contributed by atoms with Crippen molar-refractivity contribution >= 4 is 17.9 Å². The highest BCUT2D eigenvalue weighted by molar-refractivity contribution is 5.71. The lowest BCUT2D eigenvalue weighted by Crippen LogP contribution is -2.30. The Morgan fingerprint density at radius 2 is 0.760 bits per heavy atom. The van der Waals surface area contributed by atoms with Crippen molar-refractivity contribution in [3.63, 3.8) is 0 Å². The van der Waals surface area contributed by atoms with Gasteiger partial charge < -0.3 is 14.2 Å². The van der Waals surface area contributed by atoms with Crippen molar-refractivity contribution in [2.24, 2.45) is 11.8 Å². The van der Waals surface area contributed by atoms with E-state index in [1.807, 2.05) is 0 Å². The molecule has 2 atom stereocenters. The van der Waals surface area contributed by atoms with Crippen LogP contribution in [0.25, 0.3) is 0 Å². The summed E-state index contributed by atoms with van der Waals surface area (Å²) in [6.07, 6.45) is 33.8. The zero-order valence-corrected chi connectivity index (χ0v) is 34.0. The average molecular weight is 709 g/mol. The number of unbranched alkanes of at least 4 members (excludes halogenated alkanes) is 22. The van der Waals surface area contributed by atoms with E-state index in [1.54, 1.807) is 0 Å². The first kappa shape index (κ1) is 48.4. The van der Waals surface area contributed by atoms with Gasteiger partial charge in [-0.3, -0.25) is 14.4 Å². The summed E-state index contributed by atoms with van der Waals surface area (Å²) in [6.45, 7) is 11.3. The quantitative estimate of drug-likeness (QED) is 0.0361. The van der Waals surface area contributed by atoms with Crippen LogP contribution in [0.4, 0.5) is 0 Å². The molecule has 0 aliphatic rings. The van der Waals surface area contributed by atoms with E-state index in [4.69, 9.17) is 14.2 Å². The summed E-state index contributed by atoms with van der Waals surface area (Å²) in [6, 6.07) is 0. The van der Waals surface area contributed by atoms with Crippen LogP contribution in [0.2, 0.25) is 0 Å². The van der Waals surface area contributed by atoms with Crippen LogP contribution in [0.5, 0.6) is 0 Å². The molecule has 0 aromatic rings. The minimum atomic E-state index is -0.759. The second kappa shape index (κ2) is 37.2. The predicted molar refractivity (Wildman–Crippen MR) is 210 cm³/mol. The van der Waals surface area contributed by atoms with Gasteiger partial charge in [0, 0.05) is 19.3 Å². The molecular weight excluding hydrogens is 624 g/mol. The molecule has 50 heavy (non-hydrogen) atoms. The number of rotatable bonds is 38. The van der Waals surface area contributed by atoms with Gasteiger partial charge in [0.1, 0.15) is 13.2 Å². The Balaban J connectivity index is 4.28. The number of hydrogen-bond donors (Lipinski definition) is 0. The fraction of sp³-hybridized carbons (Fsp3) is 0.932. The van der Waals surface area contributed by atoms with E-state index in [9.17, 15) is 14.4 Å². The third kappa shape index (κ3) is 36.2. The van der Waals surface area contributed by atoms with Crippen LogP contribution >= 0.6 is 0 Å². The maximum atomic E-state index is 12.6. The van der Waals surface area contributed by atoms with Gasteiger partial charge in [0.2, 0.25) is 0 Å². The van der Waals surface area contributed by atoms with E-state index in [-0.39, 0.29) is 31.1 Å². The van der Waals surface area contributed by atoms with Crippen molar-refractivity contribution < 1.29 is 28.6 Å². The monoisotopic (exact) mass is 709 g/mol. The summed E-state index contributed by atoms with van der Waals surface area (Å²) in [7, 11) is 0. The molecule has 0 bridgehead atoms. The second-order valence-corrected chi connectivity index (χ2v) is 15.7. The van der Waals surface area contributed by atoms with E-state index in [1.165, 1.54) is 122 Å². The molecule has 0 saturated carbocycles. The minimum Gasteiger partial charge on any atom is -0.462 e. The van der Waals surface area contributed by atoms with Gasteiger partial charge in [0.15, 0.2) is 6.10 Å². The lowest BCUT2D eigenvalue weighted by Gasteiger charge is -2.18. The van der Waals surface area contributed by atoms with Crippen LogP contribution in [0.15, 0.2) is 0 Å². The number of esters is 3. The number of ether oxygens (including phenoxy) is 3. The Morgan fingerprint density at radius 3 is 1.14 bits per heavy atom. The molecule has 6 nitrogen and oxygen atoms in total. The van der Waals surface area contributed by atoms with Gasteiger partial charge in [-0.05, 0) is 31.1 Å². The fourth-order valence-corrected chi connectivity index (χ4v) is 6.37. The molecule has 6 heteroatoms. The lowest BCUT2D eigenvalue weighted by atomic mass is 9.99. The van der Waals surface area contributed by atoms with Crippen molar-refractivity contribution in [3.05, 3.63) is 0 Å². The molecule has 1 unspecified atom stereocenters. The van der Waals surface area contributed by atoms with Gasteiger partial charge in [-0.25, -0.2) is 0 Å². The molecule has 296 valence electrons. The number of hydrogen-bond acceptors (Lipinski definition) is 6.